The molecule has 1 rings (SSSR count). The van der Waals surface area contributed by atoms with E-state index < -0.39 is 0 Å². The van der Waals surface area contributed by atoms with Crippen LogP contribution in [-0.2, 0) is 9.53 Å². The minimum Gasteiger partial charge on any atom is -0.466 e. The molecular formula is C14H28N2O2. The van der Waals surface area contributed by atoms with E-state index in [0.717, 1.165) is 39.0 Å². The SMILES string of the molecule is CCOC(=O)C1CCN(CCNC(C)(C)C)CC1. The molecule has 0 amide bonds. The molecule has 1 fully saturated rings. The first kappa shape index (κ1) is 15.4. The second-order valence-electron chi connectivity index (χ2n) is 6.04. The first-order chi connectivity index (χ1) is 8.42. The van der Waals surface area contributed by atoms with E-state index in [1.54, 1.807) is 0 Å². The highest BCUT2D eigenvalue weighted by Crippen LogP contribution is 2.18. The van der Waals surface area contributed by atoms with Crippen LogP contribution in [0.3, 0.4) is 0 Å². The highest BCUT2D eigenvalue weighted by molar-refractivity contribution is 5.72. The van der Waals surface area contributed by atoms with E-state index >= 15 is 0 Å². The number of esters is 1. The highest BCUT2D eigenvalue weighted by atomic mass is 16.5. The predicted molar refractivity (Wildman–Crippen MR) is 73.6 cm³/mol. The lowest BCUT2D eigenvalue weighted by Gasteiger charge is -2.31. The van der Waals surface area contributed by atoms with E-state index in [1.165, 1.54) is 0 Å². The van der Waals surface area contributed by atoms with Crippen LogP contribution in [0.2, 0.25) is 0 Å². The Hall–Kier alpha value is -0.610. The molecule has 0 aromatic rings. The largest absolute Gasteiger partial charge is 0.466 e. The molecule has 106 valence electrons. The van der Waals surface area contributed by atoms with Crippen molar-refractivity contribution < 1.29 is 9.53 Å². The maximum absolute atomic E-state index is 11.6. The molecule has 1 saturated heterocycles. The van der Waals surface area contributed by atoms with Gasteiger partial charge in [0.2, 0.25) is 0 Å². The van der Waals surface area contributed by atoms with Crippen molar-refractivity contribution in [3.63, 3.8) is 0 Å². The first-order valence-electron chi connectivity index (χ1n) is 7.06. The second-order valence-corrected chi connectivity index (χ2v) is 6.04. The molecular weight excluding hydrogens is 228 g/mol. The van der Waals surface area contributed by atoms with E-state index in [4.69, 9.17) is 4.74 Å². The molecule has 0 aromatic heterocycles. The zero-order valence-electron chi connectivity index (χ0n) is 12.3. The Morgan fingerprint density at radius 2 is 1.94 bits per heavy atom. The van der Waals surface area contributed by atoms with E-state index in [-0.39, 0.29) is 17.4 Å². The van der Waals surface area contributed by atoms with Crippen LogP contribution < -0.4 is 5.32 Å². The number of hydrogen-bond acceptors (Lipinski definition) is 4. The summed E-state index contributed by atoms with van der Waals surface area (Å²) in [5, 5.41) is 3.49. The molecule has 0 aromatic carbocycles. The molecule has 0 aliphatic carbocycles. The molecule has 4 heteroatoms. The van der Waals surface area contributed by atoms with Gasteiger partial charge in [0.25, 0.3) is 0 Å². The summed E-state index contributed by atoms with van der Waals surface area (Å²) in [6.07, 6.45) is 1.88. The van der Waals surface area contributed by atoms with Gasteiger partial charge < -0.3 is 15.0 Å². The van der Waals surface area contributed by atoms with Crippen LogP contribution in [0.1, 0.15) is 40.5 Å². The average molecular weight is 256 g/mol. The molecule has 0 atom stereocenters. The monoisotopic (exact) mass is 256 g/mol. The molecule has 0 spiro atoms. The minimum absolute atomic E-state index is 0.00929. The summed E-state index contributed by atoms with van der Waals surface area (Å²) in [6, 6.07) is 0. The summed E-state index contributed by atoms with van der Waals surface area (Å²) >= 11 is 0. The maximum Gasteiger partial charge on any atom is 0.309 e. The van der Waals surface area contributed by atoms with Gasteiger partial charge in [0.1, 0.15) is 0 Å². The Kier molecular flexibility index (Phi) is 6.09. The van der Waals surface area contributed by atoms with Gasteiger partial charge in [-0.15, -0.1) is 0 Å². The Balaban J connectivity index is 2.17. The van der Waals surface area contributed by atoms with Gasteiger partial charge in [-0.2, -0.15) is 0 Å². The lowest BCUT2D eigenvalue weighted by Crippen LogP contribution is -2.44. The maximum atomic E-state index is 11.6. The highest BCUT2D eigenvalue weighted by Gasteiger charge is 2.25. The molecule has 0 saturated carbocycles. The molecule has 18 heavy (non-hydrogen) atoms. The first-order valence-corrected chi connectivity index (χ1v) is 7.06. The van der Waals surface area contributed by atoms with Gasteiger partial charge in [0.05, 0.1) is 12.5 Å². The number of likely N-dealkylation sites (tertiary alicyclic amines) is 1. The van der Waals surface area contributed by atoms with Gasteiger partial charge in [-0.25, -0.2) is 0 Å². The number of rotatable bonds is 5. The van der Waals surface area contributed by atoms with Crippen molar-refractivity contribution in [2.45, 2.75) is 46.1 Å². The van der Waals surface area contributed by atoms with Crippen LogP contribution in [0.15, 0.2) is 0 Å². The van der Waals surface area contributed by atoms with E-state index in [2.05, 4.69) is 31.0 Å². The zero-order chi connectivity index (χ0) is 13.6. The summed E-state index contributed by atoms with van der Waals surface area (Å²) in [5.41, 5.74) is 0.184. The number of carbonyl (C=O) groups is 1. The molecule has 1 aliphatic heterocycles. The number of nitrogens with one attached hydrogen (secondary N) is 1. The molecule has 1 heterocycles. The summed E-state index contributed by atoms with van der Waals surface area (Å²) in [4.78, 5) is 14.0. The standard InChI is InChI=1S/C14H28N2O2/c1-5-18-13(17)12-6-9-16(10-7-12)11-8-15-14(2,3)4/h12,15H,5-11H2,1-4H3. The topological polar surface area (TPSA) is 41.6 Å². The van der Waals surface area contributed by atoms with Crippen molar-refractivity contribution >= 4 is 5.97 Å². The fourth-order valence-corrected chi connectivity index (χ4v) is 2.24. The van der Waals surface area contributed by atoms with Gasteiger partial charge in [0.15, 0.2) is 0 Å². The van der Waals surface area contributed by atoms with Crippen molar-refractivity contribution in [2.24, 2.45) is 5.92 Å². The van der Waals surface area contributed by atoms with Crippen LogP contribution >= 0.6 is 0 Å². The lowest BCUT2D eigenvalue weighted by molar-refractivity contribution is -0.149. The van der Waals surface area contributed by atoms with Crippen molar-refractivity contribution in [3.05, 3.63) is 0 Å². The van der Waals surface area contributed by atoms with Crippen LogP contribution in [0.5, 0.6) is 0 Å². The third kappa shape index (κ3) is 5.83. The Bertz CT molecular complexity index is 253. The van der Waals surface area contributed by atoms with Crippen molar-refractivity contribution in [3.8, 4) is 0 Å². The summed E-state index contributed by atoms with van der Waals surface area (Å²) < 4.78 is 5.07. The van der Waals surface area contributed by atoms with Crippen LogP contribution in [0, 0.1) is 5.92 Å². The second kappa shape index (κ2) is 7.10. The third-order valence-electron chi connectivity index (χ3n) is 3.29. The number of piperidine rings is 1. The van der Waals surface area contributed by atoms with Gasteiger partial charge in [-0.05, 0) is 53.6 Å². The molecule has 4 nitrogen and oxygen atoms in total. The van der Waals surface area contributed by atoms with Crippen LogP contribution in [-0.4, -0.2) is 49.2 Å². The quantitative estimate of drug-likeness (QED) is 0.760. The Morgan fingerprint density at radius 3 is 2.44 bits per heavy atom. The molecule has 0 radical (unpaired) electrons. The summed E-state index contributed by atoms with van der Waals surface area (Å²) in [6.45, 7) is 13.0. The molecule has 0 bridgehead atoms. The minimum atomic E-state index is -0.00929. The number of nitrogens with zero attached hydrogens (tertiary/aromatic N) is 1. The molecule has 1 N–H and O–H groups in total. The molecule has 0 unspecified atom stereocenters. The number of hydrogen-bond donors (Lipinski definition) is 1. The number of carbonyl (C=O) groups excluding carboxylic acids is 1. The van der Waals surface area contributed by atoms with Gasteiger partial charge in [0, 0.05) is 18.6 Å². The summed E-state index contributed by atoms with van der Waals surface area (Å²) in [7, 11) is 0. The van der Waals surface area contributed by atoms with Crippen molar-refractivity contribution in [1.29, 1.82) is 0 Å². The van der Waals surface area contributed by atoms with E-state index in [1.807, 2.05) is 6.92 Å². The van der Waals surface area contributed by atoms with Gasteiger partial charge >= 0.3 is 5.97 Å². The normalized spacial score (nSPS) is 18.9. The fraction of sp³-hybridized carbons (Fsp3) is 0.929. The smallest absolute Gasteiger partial charge is 0.309 e. The predicted octanol–water partition coefficient (Wildman–Crippen LogP) is 1.65. The third-order valence-corrected chi connectivity index (χ3v) is 3.29. The van der Waals surface area contributed by atoms with Crippen molar-refractivity contribution in [2.75, 3.05) is 32.8 Å². The van der Waals surface area contributed by atoms with Gasteiger partial charge in [-0.3, -0.25) is 4.79 Å². The average Bonchev–Trinajstić information content (AvgIpc) is 2.28. The van der Waals surface area contributed by atoms with E-state index in [9.17, 15) is 4.79 Å². The Morgan fingerprint density at radius 1 is 1.33 bits per heavy atom. The lowest BCUT2D eigenvalue weighted by atomic mass is 9.97. The molecule has 1 aliphatic rings. The summed E-state index contributed by atoms with van der Waals surface area (Å²) in [5.74, 6) is 0.113. The van der Waals surface area contributed by atoms with Crippen molar-refractivity contribution in [1.82, 2.24) is 10.2 Å². The van der Waals surface area contributed by atoms with E-state index in [0.29, 0.717) is 6.61 Å². The van der Waals surface area contributed by atoms with Crippen LogP contribution in [0.4, 0.5) is 0 Å². The van der Waals surface area contributed by atoms with Crippen LogP contribution in [0.25, 0.3) is 0 Å². The van der Waals surface area contributed by atoms with Gasteiger partial charge in [-0.1, -0.05) is 0 Å². The Labute approximate surface area is 111 Å². The number of ether oxygens (including phenoxy) is 1. The fourth-order valence-electron chi connectivity index (χ4n) is 2.24. The zero-order valence-corrected chi connectivity index (χ0v) is 12.3.